The van der Waals surface area contributed by atoms with E-state index in [-0.39, 0.29) is 11.7 Å². The van der Waals surface area contributed by atoms with Gasteiger partial charge in [-0.05, 0) is 43.2 Å². The van der Waals surface area contributed by atoms with Crippen LogP contribution in [-0.4, -0.2) is 45.8 Å². The summed E-state index contributed by atoms with van der Waals surface area (Å²) in [5, 5.41) is 11.0. The number of hydrogen-bond acceptors (Lipinski definition) is 7. The molecule has 0 aliphatic carbocycles. The van der Waals surface area contributed by atoms with Gasteiger partial charge in [0.1, 0.15) is 23.2 Å². The van der Waals surface area contributed by atoms with Crippen molar-refractivity contribution in [1.82, 2.24) is 20.2 Å². The molecule has 8 nitrogen and oxygen atoms in total. The molecule has 5 rings (SSSR count). The molecular formula is C25H25N5O3. The minimum Gasteiger partial charge on any atom is -0.494 e. The molecule has 2 N–H and O–H groups in total. The molecule has 1 saturated heterocycles. The second kappa shape index (κ2) is 9.38. The number of anilines is 2. The van der Waals surface area contributed by atoms with E-state index in [4.69, 9.17) is 19.4 Å². The van der Waals surface area contributed by atoms with Crippen LogP contribution in [0.4, 0.5) is 11.6 Å². The molecule has 1 aliphatic rings. The third-order valence-electron chi connectivity index (χ3n) is 5.68. The molecule has 0 radical (unpaired) electrons. The van der Waals surface area contributed by atoms with E-state index >= 15 is 0 Å². The largest absolute Gasteiger partial charge is 0.494 e. The van der Waals surface area contributed by atoms with Crippen LogP contribution in [0.1, 0.15) is 18.9 Å². The van der Waals surface area contributed by atoms with E-state index in [0.29, 0.717) is 37.9 Å². The lowest BCUT2D eigenvalue weighted by Gasteiger charge is -2.12. The van der Waals surface area contributed by atoms with E-state index < -0.39 is 0 Å². The third kappa shape index (κ3) is 4.70. The average molecular weight is 444 g/mol. The molecule has 1 atom stereocenters. The molecule has 4 aromatic rings. The van der Waals surface area contributed by atoms with Gasteiger partial charge in [0, 0.05) is 36.0 Å². The Balaban J connectivity index is 1.51. The van der Waals surface area contributed by atoms with Crippen LogP contribution in [0.15, 0.2) is 54.7 Å². The Morgan fingerprint density at radius 3 is 2.94 bits per heavy atom. The molecule has 0 bridgehead atoms. The number of fused-ring (bicyclic) bond motifs is 1. The third-order valence-corrected chi connectivity index (χ3v) is 5.68. The smallest absolute Gasteiger partial charge is 0.162 e. The van der Waals surface area contributed by atoms with Crippen molar-refractivity contribution in [2.45, 2.75) is 19.8 Å². The lowest BCUT2D eigenvalue weighted by molar-refractivity contribution is -0.122. The number of nitrogens with zero attached hydrogens (tertiary/aromatic N) is 3. The number of Topliss-reactive ketones (excluding diaryl/α,β-unsaturated/α-hetero) is 1. The van der Waals surface area contributed by atoms with E-state index in [1.165, 1.54) is 0 Å². The second-order valence-electron chi connectivity index (χ2n) is 8.01. The number of H-pyrrole nitrogens is 1. The molecule has 1 fully saturated rings. The zero-order chi connectivity index (χ0) is 22.6. The monoisotopic (exact) mass is 443 g/mol. The summed E-state index contributed by atoms with van der Waals surface area (Å²) in [6, 6.07) is 15.5. The maximum absolute atomic E-state index is 12.6. The van der Waals surface area contributed by atoms with Crippen molar-refractivity contribution in [3.63, 3.8) is 0 Å². The molecule has 2 aromatic carbocycles. The highest BCUT2D eigenvalue weighted by Gasteiger charge is 2.23. The summed E-state index contributed by atoms with van der Waals surface area (Å²) >= 11 is 0. The van der Waals surface area contributed by atoms with Crippen LogP contribution in [0.3, 0.4) is 0 Å². The van der Waals surface area contributed by atoms with Gasteiger partial charge in [0.2, 0.25) is 0 Å². The average Bonchev–Trinajstić information content (AvgIpc) is 3.54. The fourth-order valence-electron chi connectivity index (χ4n) is 4.00. The van der Waals surface area contributed by atoms with Crippen molar-refractivity contribution >= 4 is 28.3 Å². The van der Waals surface area contributed by atoms with Crippen molar-refractivity contribution in [3.05, 3.63) is 60.3 Å². The maximum Gasteiger partial charge on any atom is 0.162 e. The summed E-state index contributed by atoms with van der Waals surface area (Å²) in [6.07, 6.45) is 2.86. The summed E-state index contributed by atoms with van der Waals surface area (Å²) in [5.41, 5.74) is 2.59. The quantitative estimate of drug-likeness (QED) is 0.418. The normalized spacial score (nSPS) is 15.6. The van der Waals surface area contributed by atoms with Gasteiger partial charge in [-0.1, -0.05) is 18.2 Å². The van der Waals surface area contributed by atoms with Gasteiger partial charge < -0.3 is 14.8 Å². The van der Waals surface area contributed by atoms with Gasteiger partial charge in [-0.3, -0.25) is 9.89 Å². The van der Waals surface area contributed by atoms with Crippen molar-refractivity contribution < 1.29 is 14.3 Å². The highest BCUT2D eigenvalue weighted by atomic mass is 16.5. The van der Waals surface area contributed by atoms with Crippen LogP contribution in [0, 0.1) is 5.92 Å². The van der Waals surface area contributed by atoms with Crippen molar-refractivity contribution in [2.75, 3.05) is 25.1 Å². The van der Waals surface area contributed by atoms with Crippen molar-refractivity contribution in [1.29, 1.82) is 0 Å². The Kier molecular flexibility index (Phi) is 5.99. The molecule has 0 spiro atoms. The van der Waals surface area contributed by atoms with Gasteiger partial charge in [0.05, 0.1) is 24.9 Å². The molecular weight excluding hydrogens is 418 g/mol. The van der Waals surface area contributed by atoms with Crippen LogP contribution in [0.5, 0.6) is 5.75 Å². The van der Waals surface area contributed by atoms with E-state index in [0.717, 1.165) is 40.0 Å². The van der Waals surface area contributed by atoms with Gasteiger partial charge in [0.15, 0.2) is 5.82 Å². The molecule has 8 heteroatoms. The zero-order valence-corrected chi connectivity index (χ0v) is 18.4. The fraction of sp³-hybridized carbons (Fsp3) is 0.280. The van der Waals surface area contributed by atoms with Crippen LogP contribution in [0.25, 0.3) is 22.3 Å². The Labute approximate surface area is 191 Å². The standard InChI is InChI=1S/C25H25N5O3/c1-2-33-19-6-7-21-20(14-19)25(28-23-8-10-26-30-23)29-24(27-21)17-5-3-4-16(12-17)13-22(31)18-9-11-32-15-18/h3-8,10,12,14,18H,2,9,11,13,15H2,1H3,(H2,26,27,28,29,30). The van der Waals surface area contributed by atoms with Crippen LogP contribution in [0.2, 0.25) is 0 Å². The van der Waals surface area contributed by atoms with Crippen LogP contribution < -0.4 is 10.1 Å². The van der Waals surface area contributed by atoms with Crippen molar-refractivity contribution in [3.8, 4) is 17.1 Å². The summed E-state index contributed by atoms with van der Waals surface area (Å²) < 4.78 is 11.0. The van der Waals surface area contributed by atoms with E-state index in [9.17, 15) is 4.79 Å². The second-order valence-corrected chi connectivity index (χ2v) is 8.01. The number of aromatic nitrogens is 4. The lowest BCUT2D eigenvalue weighted by atomic mass is 9.96. The Hall–Kier alpha value is -3.78. The van der Waals surface area contributed by atoms with Gasteiger partial charge in [-0.25, -0.2) is 9.97 Å². The number of ether oxygens (including phenoxy) is 2. The predicted octanol–water partition coefficient (Wildman–Crippen LogP) is 4.31. The van der Waals surface area contributed by atoms with E-state index in [1.54, 1.807) is 6.20 Å². The lowest BCUT2D eigenvalue weighted by Crippen LogP contribution is -2.16. The van der Waals surface area contributed by atoms with E-state index in [1.807, 2.05) is 55.5 Å². The number of rotatable bonds is 8. The van der Waals surface area contributed by atoms with Gasteiger partial charge in [-0.15, -0.1) is 0 Å². The van der Waals surface area contributed by atoms with E-state index in [2.05, 4.69) is 15.5 Å². The first-order chi connectivity index (χ1) is 16.2. The highest BCUT2D eigenvalue weighted by Crippen LogP contribution is 2.30. The maximum atomic E-state index is 12.6. The number of ketones is 1. The van der Waals surface area contributed by atoms with Gasteiger partial charge in [-0.2, -0.15) is 5.10 Å². The molecule has 0 saturated carbocycles. The number of hydrogen-bond donors (Lipinski definition) is 2. The molecule has 1 aliphatic heterocycles. The first-order valence-electron chi connectivity index (χ1n) is 11.1. The SMILES string of the molecule is CCOc1ccc2nc(-c3cccc(CC(=O)C4CCOC4)c3)nc(Nc3ccn[nH]3)c2c1. The molecule has 1 unspecified atom stereocenters. The summed E-state index contributed by atoms with van der Waals surface area (Å²) in [7, 11) is 0. The van der Waals surface area contributed by atoms with Gasteiger partial charge in [0.25, 0.3) is 0 Å². The summed E-state index contributed by atoms with van der Waals surface area (Å²) in [6.45, 7) is 3.72. The van der Waals surface area contributed by atoms with Gasteiger partial charge >= 0.3 is 0 Å². The number of nitrogens with one attached hydrogen (secondary N) is 2. The minimum atomic E-state index is -0.00433. The van der Waals surface area contributed by atoms with Crippen molar-refractivity contribution in [2.24, 2.45) is 5.92 Å². The highest BCUT2D eigenvalue weighted by molar-refractivity contribution is 5.93. The number of benzene rings is 2. The number of carbonyl (C=O) groups excluding carboxylic acids is 1. The first kappa shape index (κ1) is 21.1. The first-order valence-corrected chi connectivity index (χ1v) is 11.1. The molecule has 3 heterocycles. The van der Waals surface area contributed by atoms with Crippen LogP contribution >= 0.6 is 0 Å². The number of aromatic amines is 1. The Bertz CT molecular complexity index is 1270. The van der Waals surface area contributed by atoms with Crippen LogP contribution in [-0.2, 0) is 16.0 Å². The number of carbonyl (C=O) groups is 1. The summed E-state index contributed by atoms with van der Waals surface area (Å²) in [5.74, 6) is 2.91. The zero-order valence-electron chi connectivity index (χ0n) is 18.4. The molecule has 33 heavy (non-hydrogen) atoms. The topological polar surface area (TPSA) is 102 Å². The Morgan fingerprint density at radius 1 is 1.21 bits per heavy atom. The molecule has 0 amide bonds. The minimum absolute atomic E-state index is 0.00433. The molecule has 168 valence electrons. The summed E-state index contributed by atoms with van der Waals surface area (Å²) in [4.78, 5) is 22.2. The fourth-order valence-corrected chi connectivity index (χ4v) is 4.00. The molecule has 2 aromatic heterocycles. The Morgan fingerprint density at radius 2 is 2.15 bits per heavy atom. The predicted molar refractivity (Wildman–Crippen MR) is 126 cm³/mol.